The van der Waals surface area contributed by atoms with E-state index in [1.54, 1.807) is 39.5 Å². The van der Waals surface area contributed by atoms with Crippen LogP contribution in [0.2, 0.25) is 0 Å². The number of hydrogen-bond acceptors (Lipinski definition) is 6. The number of ketones is 3. The van der Waals surface area contributed by atoms with Crippen LogP contribution in [0.25, 0.3) is 0 Å². The lowest BCUT2D eigenvalue weighted by Crippen LogP contribution is -2.03. The van der Waals surface area contributed by atoms with Gasteiger partial charge in [-0.15, -0.1) is 0 Å². The van der Waals surface area contributed by atoms with E-state index in [0.717, 1.165) is 17.2 Å². The second kappa shape index (κ2) is 10.1. The maximum atomic E-state index is 11.2. The quantitative estimate of drug-likeness (QED) is 0.713. The van der Waals surface area contributed by atoms with Crippen molar-refractivity contribution < 1.29 is 28.6 Å². The molecular weight excluding hydrogens is 348 g/mol. The molecule has 0 fully saturated rings. The molecule has 2 aromatic rings. The molecule has 144 valence electrons. The second-order valence-electron chi connectivity index (χ2n) is 5.72. The van der Waals surface area contributed by atoms with Gasteiger partial charge in [-0.25, -0.2) is 0 Å². The Labute approximate surface area is 159 Å². The summed E-state index contributed by atoms with van der Waals surface area (Å²) < 4.78 is 15.1. The predicted molar refractivity (Wildman–Crippen MR) is 103 cm³/mol. The zero-order valence-electron chi connectivity index (χ0n) is 16.4. The van der Waals surface area contributed by atoms with Gasteiger partial charge in [0.2, 0.25) is 0 Å². The minimum Gasteiger partial charge on any atom is -0.496 e. The zero-order chi connectivity index (χ0) is 20.6. The van der Waals surface area contributed by atoms with Crippen LogP contribution < -0.4 is 14.2 Å². The summed E-state index contributed by atoms with van der Waals surface area (Å²) in [4.78, 5) is 33.5. The fraction of sp³-hybridized carbons (Fsp3) is 0.286. The van der Waals surface area contributed by atoms with E-state index in [4.69, 9.17) is 14.2 Å². The molecule has 0 radical (unpaired) electrons. The van der Waals surface area contributed by atoms with Gasteiger partial charge in [0, 0.05) is 34.9 Å². The van der Waals surface area contributed by atoms with Crippen LogP contribution >= 0.6 is 0 Å². The smallest absolute Gasteiger partial charge is 0.159 e. The van der Waals surface area contributed by atoms with Gasteiger partial charge in [-0.3, -0.25) is 14.4 Å². The molecule has 0 bridgehead atoms. The summed E-state index contributed by atoms with van der Waals surface area (Å²) in [6, 6.07) is 9.92. The van der Waals surface area contributed by atoms with E-state index in [0.29, 0.717) is 16.7 Å². The van der Waals surface area contributed by atoms with E-state index in [-0.39, 0.29) is 17.3 Å². The molecule has 6 nitrogen and oxygen atoms in total. The maximum Gasteiger partial charge on any atom is 0.159 e. The van der Waals surface area contributed by atoms with Crippen LogP contribution in [-0.2, 0) is 0 Å². The summed E-state index contributed by atoms with van der Waals surface area (Å²) in [6.07, 6.45) is 0. The van der Waals surface area contributed by atoms with Crippen LogP contribution in [0.5, 0.6) is 17.2 Å². The van der Waals surface area contributed by atoms with Crippen molar-refractivity contribution >= 4 is 17.3 Å². The van der Waals surface area contributed by atoms with Crippen LogP contribution in [-0.4, -0.2) is 38.7 Å². The summed E-state index contributed by atoms with van der Waals surface area (Å²) in [7, 11) is 4.82. The van der Waals surface area contributed by atoms with Gasteiger partial charge in [0.05, 0.1) is 21.3 Å². The molecule has 0 heterocycles. The standard InChI is InChI=1S/C12H12O3.C9H12O3/c1-7(13)10-4-11(8(2)14)6-12(5-10)9(3)15;1-10-7-4-8(11-2)6-9(5-7)12-3/h4-6H,1-3H3;4-6H,1-3H3. The number of methoxy groups -OCH3 is 3. The minimum atomic E-state index is -0.152. The Hall–Kier alpha value is -3.15. The van der Waals surface area contributed by atoms with Crippen molar-refractivity contribution in [3.63, 3.8) is 0 Å². The first-order valence-corrected chi connectivity index (χ1v) is 8.16. The number of carbonyl (C=O) groups excluding carboxylic acids is 3. The topological polar surface area (TPSA) is 78.9 Å². The number of hydrogen-bond donors (Lipinski definition) is 0. The Bertz CT molecular complexity index is 704. The van der Waals surface area contributed by atoms with E-state index in [9.17, 15) is 14.4 Å². The van der Waals surface area contributed by atoms with Crippen LogP contribution in [0.15, 0.2) is 36.4 Å². The van der Waals surface area contributed by atoms with Crippen molar-refractivity contribution in [2.45, 2.75) is 20.8 Å². The first kappa shape index (κ1) is 21.9. The van der Waals surface area contributed by atoms with Gasteiger partial charge in [0.1, 0.15) is 17.2 Å². The zero-order valence-corrected chi connectivity index (χ0v) is 16.4. The molecule has 2 rings (SSSR count). The van der Waals surface area contributed by atoms with Crippen molar-refractivity contribution in [3.05, 3.63) is 53.1 Å². The minimum absolute atomic E-state index is 0.152. The molecule has 0 saturated carbocycles. The molecule has 6 heteroatoms. The predicted octanol–water partition coefficient (Wildman–Crippen LogP) is 4.01. The number of Topliss-reactive ketones (excluding diaryl/α,β-unsaturated/α-hetero) is 3. The number of carbonyl (C=O) groups is 3. The SMILES string of the molecule is CC(=O)c1cc(C(C)=O)cc(C(C)=O)c1.COc1cc(OC)cc(OC)c1. The summed E-state index contributed by atoms with van der Waals surface area (Å²) in [5, 5.41) is 0. The molecule has 27 heavy (non-hydrogen) atoms. The molecule has 2 aromatic carbocycles. The van der Waals surface area contributed by atoms with Crippen molar-refractivity contribution in [1.29, 1.82) is 0 Å². The van der Waals surface area contributed by atoms with Crippen LogP contribution in [0.1, 0.15) is 51.8 Å². The molecule has 0 spiro atoms. The van der Waals surface area contributed by atoms with Crippen molar-refractivity contribution in [2.75, 3.05) is 21.3 Å². The van der Waals surface area contributed by atoms with Gasteiger partial charge in [0.25, 0.3) is 0 Å². The number of rotatable bonds is 6. The Kier molecular flexibility index (Phi) is 8.20. The molecule has 0 aliphatic heterocycles. The summed E-state index contributed by atoms with van der Waals surface area (Å²) in [5.41, 5.74) is 1.19. The van der Waals surface area contributed by atoms with Crippen molar-refractivity contribution in [1.82, 2.24) is 0 Å². The lowest BCUT2D eigenvalue weighted by Gasteiger charge is -2.06. The first-order valence-electron chi connectivity index (χ1n) is 8.16. The lowest BCUT2D eigenvalue weighted by atomic mass is 10.00. The highest BCUT2D eigenvalue weighted by molar-refractivity contribution is 6.04. The van der Waals surface area contributed by atoms with Gasteiger partial charge in [0.15, 0.2) is 17.3 Å². The summed E-state index contributed by atoms with van der Waals surface area (Å²) in [5.74, 6) is 1.73. The van der Waals surface area contributed by atoms with E-state index < -0.39 is 0 Å². The van der Waals surface area contributed by atoms with E-state index in [1.165, 1.54) is 39.0 Å². The average Bonchev–Trinajstić information content (AvgIpc) is 2.67. The first-order chi connectivity index (χ1) is 12.7. The molecule has 0 unspecified atom stereocenters. The highest BCUT2D eigenvalue weighted by atomic mass is 16.5. The Balaban J connectivity index is 0.000000277. The monoisotopic (exact) mass is 372 g/mol. The maximum absolute atomic E-state index is 11.2. The van der Waals surface area contributed by atoms with Gasteiger partial charge < -0.3 is 14.2 Å². The molecule has 0 amide bonds. The van der Waals surface area contributed by atoms with E-state index in [1.807, 2.05) is 0 Å². The third-order valence-electron chi connectivity index (χ3n) is 3.71. The largest absolute Gasteiger partial charge is 0.496 e. The molecule has 0 aliphatic carbocycles. The molecule has 0 aliphatic rings. The molecule has 0 N–H and O–H groups in total. The van der Waals surface area contributed by atoms with Crippen LogP contribution in [0.3, 0.4) is 0 Å². The van der Waals surface area contributed by atoms with Crippen LogP contribution in [0.4, 0.5) is 0 Å². The number of benzene rings is 2. The fourth-order valence-corrected chi connectivity index (χ4v) is 2.14. The van der Waals surface area contributed by atoms with Gasteiger partial charge in [-0.2, -0.15) is 0 Å². The van der Waals surface area contributed by atoms with Crippen LogP contribution in [0, 0.1) is 0 Å². The van der Waals surface area contributed by atoms with Gasteiger partial charge in [-0.05, 0) is 39.0 Å². The fourth-order valence-electron chi connectivity index (χ4n) is 2.14. The Morgan fingerprint density at radius 2 is 0.741 bits per heavy atom. The average molecular weight is 372 g/mol. The lowest BCUT2D eigenvalue weighted by molar-refractivity contribution is 0.101. The van der Waals surface area contributed by atoms with Gasteiger partial charge in [-0.1, -0.05) is 0 Å². The third-order valence-corrected chi connectivity index (χ3v) is 3.71. The number of ether oxygens (including phenoxy) is 3. The van der Waals surface area contributed by atoms with E-state index >= 15 is 0 Å². The molecule has 0 saturated heterocycles. The Morgan fingerprint density at radius 3 is 0.889 bits per heavy atom. The third kappa shape index (κ3) is 6.58. The Morgan fingerprint density at radius 1 is 0.519 bits per heavy atom. The van der Waals surface area contributed by atoms with Gasteiger partial charge >= 0.3 is 0 Å². The van der Waals surface area contributed by atoms with E-state index in [2.05, 4.69) is 0 Å². The second-order valence-corrected chi connectivity index (χ2v) is 5.72. The highest BCUT2D eigenvalue weighted by Gasteiger charge is 2.09. The molecule has 0 aromatic heterocycles. The summed E-state index contributed by atoms with van der Waals surface area (Å²) >= 11 is 0. The highest BCUT2D eigenvalue weighted by Crippen LogP contribution is 2.26. The molecular formula is C21H24O6. The summed E-state index contributed by atoms with van der Waals surface area (Å²) in [6.45, 7) is 4.22. The molecule has 0 atom stereocenters. The normalized spacial score (nSPS) is 9.56. The van der Waals surface area contributed by atoms with Crippen molar-refractivity contribution in [3.8, 4) is 17.2 Å². The van der Waals surface area contributed by atoms with Crippen molar-refractivity contribution in [2.24, 2.45) is 0 Å².